The van der Waals surface area contributed by atoms with Gasteiger partial charge in [0.15, 0.2) is 11.5 Å². The molecule has 0 unspecified atom stereocenters. The molecule has 0 aromatic heterocycles. The van der Waals surface area contributed by atoms with Gasteiger partial charge in [-0.05, 0) is 54.8 Å². The largest absolute Gasteiger partial charge is 0.493 e. The van der Waals surface area contributed by atoms with E-state index >= 15 is 0 Å². The van der Waals surface area contributed by atoms with E-state index in [-0.39, 0.29) is 36.4 Å². The second kappa shape index (κ2) is 10.2. The van der Waals surface area contributed by atoms with Gasteiger partial charge in [0.25, 0.3) is 17.7 Å². The first-order chi connectivity index (χ1) is 16.5. The van der Waals surface area contributed by atoms with Crippen LogP contribution in [0.1, 0.15) is 49.1 Å². The van der Waals surface area contributed by atoms with Crippen molar-refractivity contribution < 1.29 is 23.9 Å². The first kappa shape index (κ1) is 23.0. The Balaban J connectivity index is 1.42. The maximum Gasteiger partial charge on any atom is 0.261 e. The fraction of sp³-hybridized carbons (Fsp3) is 0.222. The van der Waals surface area contributed by atoms with Crippen LogP contribution in [-0.2, 0) is 13.0 Å². The van der Waals surface area contributed by atoms with E-state index in [0.29, 0.717) is 35.7 Å². The van der Waals surface area contributed by atoms with Crippen LogP contribution in [-0.4, -0.2) is 42.9 Å². The molecule has 7 heteroatoms. The van der Waals surface area contributed by atoms with Crippen molar-refractivity contribution in [3.63, 3.8) is 0 Å². The average Bonchev–Trinajstić information content (AvgIpc) is 3.11. The van der Waals surface area contributed by atoms with Gasteiger partial charge in [0.05, 0.1) is 24.8 Å². The molecule has 0 spiro atoms. The predicted molar refractivity (Wildman–Crippen MR) is 127 cm³/mol. The summed E-state index contributed by atoms with van der Waals surface area (Å²) in [6.07, 6.45) is 0.575. The molecule has 0 saturated heterocycles. The number of imide groups is 1. The Hall–Kier alpha value is -4.13. The molecule has 4 rings (SSSR count). The van der Waals surface area contributed by atoms with Gasteiger partial charge in [-0.1, -0.05) is 36.4 Å². The summed E-state index contributed by atoms with van der Waals surface area (Å²) in [4.78, 5) is 39.6. The van der Waals surface area contributed by atoms with E-state index in [1.807, 2.05) is 43.3 Å². The summed E-state index contributed by atoms with van der Waals surface area (Å²) in [6.45, 7) is 2.98. The van der Waals surface area contributed by atoms with Crippen molar-refractivity contribution in [3.8, 4) is 11.5 Å². The minimum absolute atomic E-state index is 0.258. The van der Waals surface area contributed by atoms with Gasteiger partial charge in [-0.15, -0.1) is 0 Å². The maximum absolute atomic E-state index is 12.9. The predicted octanol–water partition coefficient (Wildman–Crippen LogP) is 3.86. The minimum atomic E-state index is -0.373. The Morgan fingerprint density at radius 3 is 2.38 bits per heavy atom. The number of hydrogen-bond acceptors (Lipinski definition) is 5. The third kappa shape index (κ3) is 4.78. The van der Waals surface area contributed by atoms with Crippen LogP contribution in [0.5, 0.6) is 11.5 Å². The quantitative estimate of drug-likeness (QED) is 0.492. The molecule has 3 aromatic rings. The maximum atomic E-state index is 12.9. The highest BCUT2D eigenvalue weighted by Crippen LogP contribution is 2.28. The van der Waals surface area contributed by atoms with Crippen LogP contribution in [0.25, 0.3) is 0 Å². The number of hydrogen-bond donors (Lipinski definition) is 1. The van der Waals surface area contributed by atoms with E-state index < -0.39 is 0 Å². The van der Waals surface area contributed by atoms with Crippen LogP contribution in [0.3, 0.4) is 0 Å². The molecule has 3 amide bonds. The van der Waals surface area contributed by atoms with Gasteiger partial charge in [0, 0.05) is 18.7 Å². The van der Waals surface area contributed by atoms with Crippen molar-refractivity contribution in [1.82, 2.24) is 10.2 Å². The lowest BCUT2D eigenvalue weighted by Gasteiger charge is -2.13. The second-order valence-corrected chi connectivity index (χ2v) is 7.86. The first-order valence-corrected chi connectivity index (χ1v) is 11.1. The van der Waals surface area contributed by atoms with Crippen LogP contribution in [0.2, 0.25) is 0 Å². The smallest absolute Gasteiger partial charge is 0.261 e. The number of nitrogens with zero attached hydrogens (tertiary/aromatic N) is 1. The molecule has 174 valence electrons. The van der Waals surface area contributed by atoms with E-state index in [4.69, 9.17) is 9.47 Å². The number of ether oxygens (including phenoxy) is 2. The lowest BCUT2D eigenvalue weighted by molar-refractivity contribution is 0.0656. The topological polar surface area (TPSA) is 84.9 Å². The molecule has 34 heavy (non-hydrogen) atoms. The number of nitrogens with one attached hydrogen (secondary N) is 1. The average molecular weight is 459 g/mol. The van der Waals surface area contributed by atoms with Gasteiger partial charge >= 0.3 is 0 Å². The van der Waals surface area contributed by atoms with Crippen LogP contribution in [0, 0.1) is 0 Å². The zero-order chi connectivity index (χ0) is 24.1. The molecule has 0 atom stereocenters. The van der Waals surface area contributed by atoms with Crippen molar-refractivity contribution in [1.29, 1.82) is 0 Å². The molecule has 0 aliphatic carbocycles. The summed E-state index contributed by atoms with van der Waals surface area (Å²) in [5.74, 6) is 0.189. The Morgan fingerprint density at radius 2 is 1.65 bits per heavy atom. The monoisotopic (exact) mass is 458 g/mol. The van der Waals surface area contributed by atoms with E-state index in [9.17, 15) is 14.4 Å². The lowest BCUT2D eigenvalue weighted by Crippen LogP contribution is -2.31. The Labute approximate surface area is 198 Å². The Kier molecular flexibility index (Phi) is 6.92. The van der Waals surface area contributed by atoms with Gasteiger partial charge < -0.3 is 14.8 Å². The molecule has 1 heterocycles. The van der Waals surface area contributed by atoms with E-state index in [2.05, 4.69) is 5.32 Å². The van der Waals surface area contributed by atoms with Crippen LogP contribution >= 0.6 is 0 Å². The SMILES string of the molecule is CCOc1ccc(CNC(=O)c2ccc3c(c2)C(=O)N(CCc2ccccc2)C3=O)cc1OC. The molecule has 7 nitrogen and oxygen atoms in total. The van der Waals surface area contributed by atoms with Crippen LogP contribution in [0.15, 0.2) is 66.7 Å². The standard InChI is InChI=1S/C27H26N2O5/c1-3-34-23-12-9-19(15-24(23)33-2)17-28-25(30)20-10-11-21-22(16-20)27(32)29(26(21)31)14-13-18-7-5-4-6-8-18/h4-12,15-16H,3,13-14,17H2,1-2H3,(H,28,30). The summed E-state index contributed by atoms with van der Waals surface area (Å²) in [6, 6.07) is 19.7. The Bertz CT molecular complexity index is 1220. The summed E-state index contributed by atoms with van der Waals surface area (Å²) in [5.41, 5.74) is 2.79. The molecular formula is C27H26N2O5. The highest BCUT2D eigenvalue weighted by Gasteiger charge is 2.35. The normalized spacial score (nSPS) is 12.5. The molecule has 0 saturated carbocycles. The van der Waals surface area contributed by atoms with Crippen LogP contribution in [0.4, 0.5) is 0 Å². The molecule has 1 N–H and O–H groups in total. The molecular weight excluding hydrogens is 432 g/mol. The highest BCUT2D eigenvalue weighted by atomic mass is 16.5. The first-order valence-electron chi connectivity index (χ1n) is 11.1. The zero-order valence-corrected chi connectivity index (χ0v) is 19.2. The molecule has 0 bridgehead atoms. The number of methoxy groups -OCH3 is 1. The number of fused-ring (bicyclic) bond motifs is 1. The summed E-state index contributed by atoms with van der Waals surface area (Å²) in [7, 11) is 1.56. The van der Waals surface area contributed by atoms with Crippen LogP contribution < -0.4 is 14.8 Å². The number of benzene rings is 3. The van der Waals surface area contributed by atoms with E-state index in [1.54, 1.807) is 31.4 Å². The van der Waals surface area contributed by atoms with Crippen molar-refractivity contribution in [3.05, 3.63) is 94.5 Å². The van der Waals surface area contributed by atoms with E-state index in [1.165, 1.54) is 11.0 Å². The minimum Gasteiger partial charge on any atom is -0.493 e. The molecule has 0 fully saturated rings. The number of carbonyl (C=O) groups excluding carboxylic acids is 3. The van der Waals surface area contributed by atoms with Gasteiger partial charge in [-0.3, -0.25) is 19.3 Å². The fourth-order valence-corrected chi connectivity index (χ4v) is 3.90. The second-order valence-electron chi connectivity index (χ2n) is 7.86. The Morgan fingerprint density at radius 1 is 0.882 bits per heavy atom. The van der Waals surface area contributed by atoms with Gasteiger partial charge in [-0.25, -0.2) is 0 Å². The fourth-order valence-electron chi connectivity index (χ4n) is 3.90. The molecule has 3 aromatic carbocycles. The van der Waals surface area contributed by atoms with Gasteiger partial charge in [0.2, 0.25) is 0 Å². The van der Waals surface area contributed by atoms with E-state index in [0.717, 1.165) is 11.1 Å². The molecule has 1 aliphatic rings. The lowest BCUT2D eigenvalue weighted by atomic mass is 10.1. The summed E-state index contributed by atoms with van der Waals surface area (Å²) in [5, 5.41) is 2.85. The third-order valence-corrected chi connectivity index (χ3v) is 5.68. The van der Waals surface area contributed by atoms with Gasteiger partial charge in [0.1, 0.15) is 0 Å². The van der Waals surface area contributed by atoms with Crippen molar-refractivity contribution in [2.24, 2.45) is 0 Å². The van der Waals surface area contributed by atoms with Gasteiger partial charge in [-0.2, -0.15) is 0 Å². The third-order valence-electron chi connectivity index (χ3n) is 5.68. The number of rotatable bonds is 9. The highest BCUT2D eigenvalue weighted by molar-refractivity contribution is 6.22. The molecule has 0 radical (unpaired) electrons. The number of amides is 3. The van der Waals surface area contributed by atoms with Crippen molar-refractivity contribution >= 4 is 17.7 Å². The summed E-state index contributed by atoms with van der Waals surface area (Å²) >= 11 is 0. The zero-order valence-electron chi connectivity index (χ0n) is 19.2. The van der Waals surface area contributed by atoms with Crippen molar-refractivity contribution in [2.45, 2.75) is 19.9 Å². The number of carbonyl (C=O) groups is 3. The molecule has 1 aliphatic heterocycles. The summed E-state index contributed by atoms with van der Waals surface area (Å²) < 4.78 is 10.9. The van der Waals surface area contributed by atoms with Crippen molar-refractivity contribution in [2.75, 3.05) is 20.3 Å².